The van der Waals surface area contributed by atoms with Crippen molar-refractivity contribution in [1.82, 2.24) is 0 Å². The Balaban J connectivity index is 1.97. The Morgan fingerprint density at radius 3 is 2.76 bits per heavy atom. The van der Waals surface area contributed by atoms with Crippen LogP contribution in [0.1, 0.15) is 37.4 Å². The van der Waals surface area contributed by atoms with Gasteiger partial charge in [-0.1, -0.05) is 11.6 Å². The van der Waals surface area contributed by atoms with Crippen LogP contribution in [0.4, 0.5) is 0 Å². The minimum Gasteiger partial charge on any atom is -0.507 e. The third-order valence-electron chi connectivity index (χ3n) is 3.82. The maximum absolute atomic E-state index is 12.3. The van der Waals surface area contributed by atoms with E-state index in [1.165, 1.54) is 30.4 Å². The average molecular weight is 340 g/mol. The van der Waals surface area contributed by atoms with Crippen LogP contribution in [0.15, 0.2) is 36.4 Å². The van der Waals surface area contributed by atoms with Crippen molar-refractivity contribution >= 4 is 17.8 Å². The zero-order valence-corrected chi connectivity index (χ0v) is 13.5. The van der Waals surface area contributed by atoms with Gasteiger partial charge >= 0.3 is 5.97 Å². The Morgan fingerprint density at radius 2 is 2.00 bits per heavy atom. The zero-order chi connectivity index (χ0) is 18.0. The van der Waals surface area contributed by atoms with E-state index in [0.29, 0.717) is 16.9 Å². The number of aromatic carboxylic acids is 1. The molecule has 0 saturated heterocycles. The number of aryl methyl sites for hydroxylation is 1. The normalized spacial score (nSPS) is 13.3. The molecule has 6 heteroatoms. The van der Waals surface area contributed by atoms with Crippen molar-refractivity contribution in [3.05, 3.63) is 64.2 Å². The molecular formula is C19H16O6. The van der Waals surface area contributed by atoms with Crippen LogP contribution in [0.25, 0.3) is 6.08 Å². The predicted molar refractivity (Wildman–Crippen MR) is 89.9 cm³/mol. The molecule has 0 unspecified atom stereocenters. The highest BCUT2D eigenvalue weighted by Gasteiger charge is 2.18. The van der Waals surface area contributed by atoms with Gasteiger partial charge in [0.05, 0.1) is 17.7 Å². The van der Waals surface area contributed by atoms with E-state index in [1.54, 1.807) is 12.1 Å². The molecule has 1 aliphatic heterocycles. The van der Waals surface area contributed by atoms with Gasteiger partial charge in [-0.3, -0.25) is 4.79 Å². The predicted octanol–water partition coefficient (Wildman–Crippen LogP) is 3.16. The molecule has 0 bridgehead atoms. The maximum Gasteiger partial charge on any atom is 0.335 e. The van der Waals surface area contributed by atoms with Crippen molar-refractivity contribution in [2.24, 2.45) is 0 Å². The van der Waals surface area contributed by atoms with E-state index in [4.69, 9.17) is 9.47 Å². The Bertz CT molecular complexity index is 882. The number of carbonyl (C=O) groups excluding carboxylic acids is 1. The van der Waals surface area contributed by atoms with Crippen LogP contribution in [0, 0.1) is 6.92 Å². The maximum atomic E-state index is 12.3. The fourth-order valence-electron chi connectivity index (χ4n) is 2.60. The standard InChI is InChI=1S/C19H16O6/c1-11-2-4-16(20)15(6-11)17(21)5-3-12-7-13(19(22)23)8-14-9-24-10-25-18(12)14/h2-8,20H,9-10H2,1H3,(H,22,23). The smallest absolute Gasteiger partial charge is 0.335 e. The molecule has 0 radical (unpaired) electrons. The summed E-state index contributed by atoms with van der Waals surface area (Å²) < 4.78 is 10.6. The molecule has 2 aromatic carbocycles. The SMILES string of the molecule is Cc1ccc(O)c(C(=O)C=Cc2cc(C(=O)O)cc3c2OCOC3)c1. The Kier molecular flexibility index (Phi) is 4.54. The Morgan fingerprint density at radius 1 is 1.20 bits per heavy atom. The number of rotatable bonds is 4. The van der Waals surface area contributed by atoms with Gasteiger partial charge < -0.3 is 19.7 Å². The summed E-state index contributed by atoms with van der Waals surface area (Å²) in [4.78, 5) is 23.6. The molecule has 3 rings (SSSR count). The first-order valence-corrected chi connectivity index (χ1v) is 7.58. The summed E-state index contributed by atoms with van der Waals surface area (Å²) in [5.41, 5.74) is 2.19. The van der Waals surface area contributed by atoms with E-state index < -0.39 is 5.97 Å². The second kappa shape index (κ2) is 6.78. The van der Waals surface area contributed by atoms with Gasteiger partial charge in [0.25, 0.3) is 0 Å². The first-order valence-electron chi connectivity index (χ1n) is 7.58. The number of benzene rings is 2. The number of carboxylic acids is 1. The fraction of sp³-hybridized carbons (Fsp3) is 0.158. The molecule has 0 atom stereocenters. The van der Waals surface area contributed by atoms with Crippen molar-refractivity contribution in [2.45, 2.75) is 13.5 Å². The monoisotopic (exact) mass is 340 g/mol. The van der Waals surface area contributed by atoms with Gasteiger partial charge in [0.15, 0.2) is 12.6 Å². The van der Waals surface area contributed by atoms with Gasteiger partial charge in [-0.2, -0.15) is 0 Å². The summed E-state index contributed by atoms with van der Waals surface area (Å²) in [6.07, 6.45) is 2.77. The third-order valence-corrected chi connectivity index (χ3v) is 3.82. The number of carboxylic acid groups (broad SMARTS) is 1. The number of hydrogen-bond acceptors (Lipinski definition) is 5. The highest BCUT2D eigenvalue weighted by Crippen LogP contribution is 2.31. The van der Waals surface area contributed by atoms with Crippen LogP contribution in [0.3, 0.4) is 0 Å². The number of phenols is 1. The lowest BCUT2D eigenvalue weighted by molar-refractivity contribution is -0.0165. The summed E-state index contributed by atoms with van der Waals surface area (Å²) in [7, 11) is 0. The number of aromatic hydroxyl groups is 1. The van der Waals surface area contributed by atoms with Gasteiger partial charge in [0.2, 0.25) is 0 Å². The van der Waals surface area contributed by atoms with Crippen molar-refractivity contribution in [1.29, 1.82) is 0 Å². The highest BCUT2D eigenvalue weighted by atomic mass is 16.7. The van der Waals surface area contributed by atoms with Gasteiger partial charge in [0.1, 0.15) is 11.5 Å². The average Bonchev–Trinajstić information content (AvgIpc) is 2.61. The van der Waals surface area contributed by atoms with E-state index in [9.17, 15) is 19.8 Å². The largest absolute Gasteiger partial charge is 0.507 e. The highest BCUT2D eigenvalue weighted by molar-refractivity contribution is 6.09. The molecule has 1 heterocycles. The number of carbonyl (C=O) groups is 2. The molecule has 2 aromatic rings. The van der Waals surface area contributed by atoms with E-state index in [-0.39, 0.29) is 36.1 Å². The van der Waals surface area contributed by atoms with Gasteiger partial charge in [-0.05, 0) is 43.3 Å². The first kappa shape index (κ1) is 16.7. The minimum atomic E-state index is -1.08. The summed E-state index contributed by atoms with van der Waals surface area (Å²) >= 11 is 0. The second-order valence-corrected chi connectivity index (χ2v) is 5.69. The van der Waals surface area contributed by atoms with E-state index in [0.717, 1.165) is 5.56 Å². The summed E-state index contributed by atoms with van der Waals surface area (Å²) in [5, 5.41) is 19.1. The fourth-order valence-corrected chi connectivity index (χ4v) is 2.60. The molecule has 1 aliphatic rings. The molecule has 0 amide bonds. The van der Waals surface area contributed by atoms with Crippen LogP contribution in [-0.4, -0.2) is 28.8 Å². The van der Waals surface area contributed by atoms with Crippen LogP contribution in [0.2, 0.25) is 0 Å². The number of allylic oxidation sites excluding steroid dienone is 1. The molecule has 0 aromatic heterocycles. The van der Waals surface area contributed by atoms with Crippen molar-refractivity contribution in [3.8, 4) is 11.5 Å². The molecule has 0 saturated carbocycles. The van der Waals surface area contributed by atoms with Crippen LogP contribution in [-0.2, 0) is 11.3 Å². The van der Waals surface area contributed by atoms with Gasteiger partial charge in [-0.15, -0.1) is 0 Å². The lowest BCUT2D eigenvalue weighted by Gasteiger charge is -2.20. The number of hydrogen-bond donors (Lipinski definition) is 2. The van der Waals surface area contributed by atoms with Crippen LogP contribution >= 0.6 is 0 Å². The quantitative estimate of drug-likeness (QED) is 0.656. The number of ketones is 1. The van der Waals surface area contributed by atoms with Crippen molar-refractivity contribution < 1.29 is 29.3 Å². The van der Waals surface area contributed by atoms with Gasteiger partial charge in [-0.25, -0.2) is 4.79 Å². The van der Waals surface area contributed by atoms with Crippen LogP contribution < -0.4 is 4.74 Å². The first-order chi connectivity index (χ1) is 12.0. The summed E-state index contributed by atoms with van der Waals surface area (Å²) in [6.45, 7) is 2.12. The van der Waals surface area contributed by atoms with Crippen molar-refractivity contribution in [2.75, 3.05) is 6.79 Å². The third kappa shape index (κ3) is 3.54. The molecular weight excluding hydrogens is 324 g/mol. The number of ether oxygens (including phenoxy) is 2. The molecule has 0 spiro atoms. The molecule has 6 nitrogen and oxygen atoms in total. The summed E-state index contributed by atoms with van der Waals surface area (Å²) in [5.74, 6) is -1.08. The number of phenolic OH excluding ortho intramolecular Hbond substituents is 1. The molecule has 0 fully saturated rings. The molecule has 25 heavy (non-hydrogen) atoms. The van der Waals surface area contributed by atoms with E-state index in [1.807, 2.05) is 6.92 Å². The Labute approximate surface area is 143 Å². The minimum absolute atomic E-state index is 0.0624. The van der Waals surface area contributed by atoms with Gasteiger partial charge in [0, 0.05) is 11.1 Å². The number of fused-ring (bicyclic) bond motifs is 1. The van der Waals surface area contributed by atoms with Crippen LogP contribution in [0.5, 0.6) is 11.5 Å². The van der Waals surface area contributed by atoms with Crippen molar-refractivity contribution in [3.63, 3.8) is 0 Å². The van der Waals surface area contributed by atoms with E-state index >= 15 is 0 Å². The molecule has 0 aliphatic carbocycles. The van der Waals surface area contributed by atoms with E-state index in [2.05, 4.69) is 0 Å². The lowest BCUT2D eigenvalue weighted by Crippen LogP contribution is -2.13. The zero-order valence-electron chi connectivity index (χ0n) is 13.5. The Hall–Kier alpha value is -3.12. The second-order valence-electron chi connectivity index (χ2n) is 5.69. The molecule has 128 valence electrons. The lowest BCUT2D eigenvalue weighted by atomic mass is 10.0. The topological polar surface area (TPSA) is 93.1 Å². The summed E-state index contributed by atoms with van der Waals surface area (Å²) in [6, 6.07) is 7.68. The molecule has 2 N–H and O–H groups in total.